The first-order chi connectivity index (χ1) is 13.6. The van der Waals surface area contributed by atoms with Crippen molar-refractivity contribution in [2.45, 2.75) is 122 Å². The van der Waals surface area contributed by atoms with Gasteiger partial charge >= 0.3 is 0 Å². The molecule has 0 aliphatic carbocycles. The average molecular weight is 393 g/mol. The predicted molar refractivity (Wildman–Crippen MR) is 130 cm³/mol. The highest BCUT2D eigenvalue weighted by Crippen LogP contribution is 2.13. The topological polar surface area (TPSA) is 0 Å². The molecule has 1 heteroatoms. The van der Waals surface area contributed by atoms with Crippen molar-refractivity contribution in [3.63, 3.8) is 0 Å². The summed E-state index contributed by atoms with van der Waals surface area (Å²) in [5, 5.41) is 0. The Labute approximate surface area is 179 Å². The van der Waals surface area contributed by atoms with Crippen LogP contribution in [0.25, 0.3) is 0 Å². The lowest BCUT2D eigenvalue weighted by atomic mass is 10.1. The Bertz CT molecular complexity index is 342. The molecule has 0 aliphatic rings. The summed E-state index contributed by atoms with van der Waals surface area (Å²) >= 11 is 0. The molecular weight excluding hydrogens is 338 g/mol. The Hall–Kier alpha value is -0.560. The van der Waals surface area contributed by atoms with E-state index >= 15 is 0 Å². The monoisotopic (exact) mass is 392 g/mol. The van der Waals surface area contributed by atoms with E-state index in [-0.39, 0.29) is 0 Å². The van der Waals surface area contributed by atoms with Gasteiger partial charge in [-0.25, -0.2) is 0 Å². The van der Waals surface area contributed by atoms with E-state index in [1.807, 2.05) is 6.08 Å². The molecule has 0 aliphatic heterocycles. The Morgan fingerprint density at radius 3 is 1.39 bits per heavy atom. The second kappa shape index (κ2) is 21.2. The molecule has 0 saturated heterocycles. The first-order valence-electron chi connectivity index (χ1n) is 12.7. The summed E-state index contributed by atoms with van der Waals surface area (Å²) < 4.78 is 1.09. The molecular formula is C27H54N+. The van der Waals surface area contributed by atoms with Crippen molar-refractivity contribution in [2.24, 2.45) is 0 Å². The van der Waals surface area contributed by atoms with Gasteiger partial charge in [0.05, 0.1) is 27.2 Å². The van der Waals surface area contributed by atoms with Crippen molar-refractivity contribution in [2.75, 3.05) is 27.2 Å². The Balaban J connectivity index is 3.17. The van der Waals surface area contributed by atoms with E-state index in [2.05, 4.69) is 39.8 Å². The predicted octanol–water partition coefficient (Wildman–Crippen LogP) is 8.85. The number of nitrogens with zero attached hydrogens (tertiary/aromatic N) is 1. The van der Waals surface area contributed by atoms with Gasteiger partial charge in [0.25, 0.3) is 0 Å². The van der Waals surface area contributed by atoms with Crippen molar-refractivity contribution >= 4 is 0 Å². The fourth-order valence-corrected chi connectivity index (χ4v) is 3.94. The SMILES string of the molecule is C=CC[N+](C)(C)CCCCCCCCCCCC/C=C\CCCCCCCC. The van der Waals surface area contributed by atoms with Gasteiger partial charge in [-0.15, -0.1) is 0 Å². The van der Waals surface area contributed by atoms with E-state index in [1.54, 1.807) is 0 Å². The lowest BCUT2D eigenvalue weighted by molar-refractivity contribution is -0.884. The lowest BCUT2D eigenvalue weighted by Crippen LogP contribution is -2.40. The number of hydrogen-bond donors (Lipinski definition) is 0. The molecule has 0 bridgehead atoms. The van der Waals surface area contributed by atoms with E-state index in [0.717, 1.165) is 11.0 Å². The van der Waals surface area contributed by atoms with Crippen LogP contribution in [-0.2, 0) is 0 Å². The van der Waals surface area contributed by atoms with Gasteiger partial charge in [0.15, 0.2) is 0 Å². The Morgan fingerprint density at radius 2 is 0.964 bits per heavy atom. The van der Waals surface area contributed by atoms with Gasteiger partial charge in [-0.1, -0.05) is 103 Å². The fraction of sp³-hybridized carbons (Fsp3) is 0.852. The van der Waals surface area contributed by atoms with Gasteiger partial charge < -0.3 is 4.48 Å². The Kier molecular flexibility index (Phi) is 20.7. The van der Waals surface area contributed by atoms with Crippen LogP contribution in [-0.4, -0.2) is 31.7 Å². The molecule has 0 amide bonds. The summed E-state index contributed by atoms with van der Waals surface area (Å²) in [6, 6.07) is 0. The zero-order valence-corrected chi connectivity index (χ0v) is 20.0. The van der Waals surface area contributed by atoms with Crippen LogP contribution in [0.5, 0.6) is 0 Å². The normalized spacial score (nSPS) is 12.1. The third kappa shape index (κ3) is 21.7. The minimum absolute atomic E-state index is 1.09. The van der Waals surface area contributed by atoms with Gasteiger partial charge in [0.2, 0.25) is 0 Å². The smallest absolute Gasteiger partial charge is 0.0966 e. The standard InChI is InChI=1S/C27H54N/c1-5-7-8-9-10-11-12-13-14-15-16-17-18-19-20-21-22-23-24-25-27-28(3,4)26-6-2/h6,13-14H,2,5,7-12,15-27H2,1,3-4H3/q+1/b14-13-. The van der Waals surface area contributed by atoms with Gasteiger partial charge in [-0.3, -0.25) is 0 Å². The molecule has 0 rings (SSSR count). The summed E-state index contributed by atoms with van der Waals surface area (Å²) in [6.45, 7) is 8.53. The Morgan fingerprint density at radius 1 is 0.571 bits per heavy atom. The molecule has 0 unspecified atom stereocenters. The van der Waals surface area contributed by atoms with Crippen LogP contribution in [0.1, 0.15) is 122 Å². The highest BCUT2D eigenvalue weighted by Gasteiger charge is 2.11. The molecule has 0 aromatic rings. The quantitative estimate of drug-likeness (QED) is 0.0980. The average Bonchev–Trinajstić information content (AvgIpc) is 2.66. The van der Waals surface area contributed by atoms with Gasteiger partial charge in [0.1, 0.15) is 0 Å². The minimum Gasteiger partial charge on any atom is -0.325 e. The number of likely N-dealkylation sites (N-methyl/N-ethyl adjacent to an activating group) is 1. The highest BCUT2D eigenvalue weighted by molar-refractivity contribution is 4.81. The van der Waals surface area contributed by atoms with Gasteiger partial charge in [0, 0.05) is 0 Å². The van der Waals surface area contributed by atoms with Crippen LogP contribution >= 0.6 is 0 Å². The first kappa shape index (κ1) is 27.4. The van der Waals surface area contributed by atoms with Crippen molar-refractivity contribution in [1.29, 1.82) is 0 Å². The summed E-state index contributed by atoms with van der Waals surface area (Å²) in [6.07, 6.45) is 32.2. The van der Waals surface area contributed by atoms with E-state index in [9.17, 15) is 0 Å². The van der Waals surface area contributed by atoms with E-state index in [0.29, 0.717) is 0 Å². The molecule has 0 aromatic carbocycles. The van der Waals surface area contributed by atoms with Crippen LogP contribution in [0.3, 0.4) is 0 Å². The number of quaternary nitrogens is 1. The fourth-order valence-electron chi connectivity index (χ4n) is 3.94. The zero-order valence-electron chi connectivity index (χ0n) is 20.0. The van der Waals surface area contributed by atoms with Crippen LogP contribution in [0, 0.1) is 0 Å². The van der Waals surface area contributed by atoms with Crippen molar-refractivity contribution < 1.29 is 4.48 Å². The summed E-state index contributed by atoms with van der Waals surface area (Å²) in [7, 11) is 4.63. The molecule has 0 spiro atoms. The van der Waals surface area contributed by atoms with Crippen LogP contribution in [0.15, 0.2) is 24.8 Å². The molecule has 0 heterocycles. The third-order valence-corrected chi connectivity index (χ3v) is 5.90. The van der Waals surface area contributed by atoms with Crippen molar-refractivity contribution in [3.05, 3.63) is 24.8 Å². The number of hydrogen-bond acceptors (Lipinski definition) is 0. The molecule has 0 N–H and O–H groups in total. The molecule has 0 fully saturated rings. The molecule has 166 valence electrons. The van der Waals surface area contributed by atoms with E-state index < -0.39 is 0 Å². The molecule has 0 saturated carbocycles. The molecule has 0 radical (unpaired) electrons. The van der Waals surface area contributed by atoms with Crippen LogP contribution in [0.4, 0.5) is 0 Å². The van der Waals surface area contributed by atoms with E-state index in [4.69, 9.17) is 0 Å². The first-order valence-corrected chi connectivity index (χ1v) is 12.7. The summed E-state index contributed by atoms with van der Waals surface area (Å²) in [5.41, 5.74) is 0. The van der Waals surface area contributed by atoms with Crippen LogP contribution in [0.2, 0.25) is 0 Å². The number of allylic oxidation sites excluding steroid dienone is 2. The third-order valence-electron chi connectivity index (χ3n) is 5.90. The molecule has 28 heavy (non-hydrogen) atoms. The minimum atomic E-state index is 1.09. The second-order valence-electron chi connectivity index (χ2n) is 9.48. The van der Waals surface area contributed by atoms with Crippen LogP contribution < -0.4 is 0 Å². The molecule has 1 nitrogen and oxygen atoms in total. The molecule has 0 atom stereocenters. The zero-order chi connectivity index (χ0) is 20.8. The second-order valence-corrected chi connectivity index (χ2v) is 9.48. The maximum atomic E-state index is 3.86. The number of unbranched alkanes of at least 4 members (excludes halogenated alkanes) is 16. The van der Waals surface area contributed by atoms with Crippen molar-refractivity contribution in [3.8, 4) is 0 Å². The maximum absolute atomic E-state index is 3.86. The van der Waals surface area contributed by atoms with E-state index in [1.165, 1.54) is 122 Å². The van der Waals surface area contributed by atoms with Gasteiger partial charge in [-0.2, -0.15) is 0 Å². The maximum Gasteiger partial charge on any atom is 0.0966 e. The number of rotatable bonds is 22. The van der Waals surface area contributed by atoms with Crippen molar-refractivity contribution in [1.82, 2.24) is 0 Å². The summed E-state index contributed by atoms with van der Waals surface area (Å²) in [4.78, 5) is 0. The highest BCUT2D eigenvalue weighted by atomic mass is 15.3. The largest absolute Gasteiger partial charge is 0.325 e. The summed E-state index contributed by atoms with van der Waals surface area (Å²) in [5.74, 6) is 0. The van der Waals surface area contributed by atoms with Gasteiger partial charge in [-0.05, 0) is 44.6 Å². The lowest BCUT2D eigenvalue weighted by Gasteiger charge is -2.28. The molecule has 0 aromatic heterocycles.